The first kappa shape index (κ1) is 15.0. The van der Waals surface area contributed by atoms with E-state index in [4.69, 9.17) is 5.11 Å². The van der Waals surface area contributed by atoms with Gasteiger partial charge in [-0.2, -0.15) is 0 Å². The van der Waals surface area contributed by atoms with Gasteiger partial charge in [0.05, 0.1) is 5.75 Å². The summed E-state index contributed by atoms with van der Waals surface area (Å²) in [6.07, 6.45) is 6.93. The fraction of sp³-hybridized carbons (Fsp3) is 0.500. The van der Waals surface area contributed by atoms with Crippen LogP contribution in [0.5, 0.6) is 0 Å². The number of hydrogen-bond donors (Lipinski definition) is 2. The van der Waals surface area contributed by atoms with Gasteiger partial charge in [-0.25, -0.2) is 0 Å². The van der Waals surface area contributed by atoms with E-state index in [1.807, 2.05) is 0 Å². The number of aromatic nitrogens is 2. The van der Waals surface area contributed by atoms with Gasteiger partial charge in [0.15, 0.2) is 4.34 Å². The molecule has 2 rings (SSSR count). The highest BCUT2D eigenvalue weighted by atomic mass is 32.2. The Hall–Kier alpha value is -1.41. The third-order valence-corrected chi connectivity index (χ3v) is 4.70. The number of aliphatic carboxylic acids is 1. The zero-order chi connectivity index (χ0) is 14.4. The maximum atomic E-state index is 11.8. The number of nitrogens with zero attached hydrogens (tertiary/aromatic N) is 2. The summed E-state index contributed by atoms with van der Waals surface area (Å²) < 4.78 is 0.541. The predicted molar refractivity (Wildman–Crippen MR) is 78.1 cm³/mol. The Labute approximate surface area is 124 Å². The molecule has 108 valence electrons. The molecule has 0 unspecified atom stereocenters. The molecule has 0 spiro atoms. The number of carboxylic acids is 1. The van der Waals surface area contributed by atoms with Gasteiger partial charge in [-0.1, -0.05) is 34.7 Å². The Balaban J connectivity index is 1.81. The van der Waals surface area contributed by atoms with Gasteiger partial charge in [0.25, 0.3) is 0 Å². The molecule has 1 aromatic rings. The van der Waals surface area contributed by atoms with Crippen molar-refractivity contribution in [3.05, 3.63) is 11.6 Å². The highest BCUT2D eigenvalue weighted by molar-refractivity contribution is 8.01. The number of rotatable bonds is 6. The minimum atomic E-state index is -0.903. The van der Waals surface area contributed by atoms with Crippen LogP contribution in [0.2, 0.25) is 0 Å². The van der Waals surface area contributed by atoms with Crippen molar-refractivity contribution < 1.29 is 14.7 Å². The highest BCUT2D eigenvalue weighted by Gasteiger charge is 2.12. The smallest absolute Gasteiger partial charge is 0.313 e. The Kier molecular flexibility index (Phi) is 5.54. The molecule has 1 aliphatic carbocycles. The quantitative estimate of drug-likeness (QED) is 0.476. The van der Waals surface area contributed by atoms with E-state index < -0.39 is 5.97 Å². The number of hydrogen-bond acceptors (Lipinski definition) is 6. The second-order valence-corrected chi connectivity index (χ2v) is 6.59. The lowest BCUT2D eigenvalue weighted by atomic mass is 9.97. The third-order valence-electron chi connectivity index (χ3n) is 2.74. The van der Waals surface area contributed by atoms with E-state index in [0.29, 0.717) is 15.9 Å². The molecule has 1 aliphatic rings. The summed E-state index contributed by atoms with van der Waals surface area (Å²) in [5, 5.41) is 19.3. The highest BCUT2D eigenvalue weighted by Crippen LogP contribution is 2.26. The van der Waals surface area contributed by atoms with Crippen molar-refractivity contribution in [2.24, 2.45) is 0 Å². The summed E-state index contributed by atoms with van der Waals surface area (Å²) in [7, 11) is 0. The monoisotopic (exact) mass is 313 g/mol. The van der Waals surface area contributed by atoms with Gasteiger partial charge in [0, 0.05) is 6.42 Å². The molecule has 1 amide bonds. The fourth-order valence-electron chi connectivity index (χ4n) is 1.88. The summed E-state index contributed by atoms with van der Waals surface area (Å²) in [5.41, 5.74) is 1.18. The SMILES string of the molecule is O=C(O)CSc1nnc(NC(=O)CC2=CCCCC2)s1. The lowest BCUT2D eigenvalue weighted by Gasteiger charge is -2.11. The number of allylic oxidation sites excluding steroid dienone is 1. The maximum absolute atomic E-state index is 11.8. The Morgan fingerprint density at radius 2 is 2.25 bits per heavy atom. The molecule has 0 fully saturated rings. The minimum Gasteiger partial charge on any atom is -0.481 e. The van der Waals surface area contributed by atoms with Crippen LogP contribution in [0.3, 0.4) is 0 Å². The van der Waals surface area contributed by atoms with Crippen LogP contribution in [0.1, 0.15) is 32.1 Å². The molecule has 2 N–H and O–H groups in total. The van der Waals surface area contributed by atoms with Crippen molar-refractivity contribution in [2.45, 2.75) is 36.4 Å². The molecule has 0 saturated carbocycles. The lowest BCUT2D eigenvalue weighted by Crippen LogP contribution is -2.12. The number of carbonyl (C=O) groups excluding carboxylic acids is 1. The van der Waals surface area contributed by atoms with Gasteiger partial charge in [-0.15, -0.1) is 10.2 Å². The van der Waals surface area contributed by atoms with Crippen molar-refractivity contribution >= 4 is 40.1 Å². The van der Waals surface area contributed by atoms with E-state index in [-0.39, 0.29) is 11.7 Å². The van der Waals surface area contributed by atoms with Crippen molar-refractivity contribution in [3.8, 4) is 0 Å². The molecule has 0 saturated heterocycles. The van der Waals surface area contributed by atoms with Crippen LogP contribution in [0.25, 0.3) is 0 Å². The van der Waals surface area contributed by atoms with Gasteiger partial charge in [-0.3, -0.25) is 9.59 Å². The van der Waals surface area contributed by atoms with Gasteiger partial charge >= 0.3 is 5.97 Å². The number of amides is 1. The summed E-state index contributed by atoms with van der Waals surface area (Å²) in [5.74, 6) is -1.06. The molecule has 0 radical (unpaired) electrons. The first-order valence-electron chi connectivity index (χ1n) is 6.29. The molecule has 8 heteroatoms. The molecule has 1 aromatic heterocycles. The van der Waals surface area contributed by atoms with Gasteiger partial charge in [-0.05, 0) is 25.7 Å². The fourth-order valence-corrected chi connectivity index (χ4v) is 3.37. The van der Waals surface area contributed by atoms with Crippen molar-refractivity contribution in [3.63, 3.8) is 0 Å². The third kappa shape index (κ3) is 4.93. The van der Waals surface area contributed by atoms with Crippen molar-refractivity contribution in [1.82, 2.24) is 10.2 Å². The molecule has 0 atom stereocenters. The van der Waals surface area contributed by atoms with Crippen LogP contribution >= 0.6 is 23.1 Å². The topological polar surface area (TPSA) is 92.2 Å². The molecule has 1 heterocycles. The van der Waals surface area contributed by atoms with E-state index in [1.165, 1.54) is 23.3 Å². The largest absolute Gasteiger partial charge is 0.481 e. The van der Waals surface area contributed by atoms with Crippen LogP contribution in [-0.2, 0) is 9.59 Å². The van der Waals surface area contributed by atoms with Gasteiger partial charge < -0.3 is 10.4 Å². The molecule has 0 aromatic carbocycles. The number of nitrogens with one attached hydrogen (secondary N) is 1. The maximum Gasteiger partial charge on any atom is 0.313 e. The van der Waals surface area contributed by atoms with E-state index in [2.05, 4.69) is 21.6 Å². The van der Waals surface area contributed by atoms with E-state index in [9.17, 15) is 9.59 Å². The Bertz CT molecular complexity index is 528. The zero-order valence-corrected chi connectivity index (χ0v) is 12.4. The van der Waals surface area contributed by atoms with Crippen LogP contribution in [-0.4, -0.2) is 32.9 Å². The first-order chi connectivity index (χ1) is 9.63. The standard InChI is InChI=1S/C12H15N3O3S2/c16-9(6-8-4-2-1-3-5-8)13-11-14-15-12(20-11)19-7-10(17)18/h4H,1-3,5-7H2,(H,17,18)(H,13,14,16). The van der Waals surface area contributed by atoms with E-state index in [0.717, 1.165) is 31.0 Å². The first-order valence-corrected chi connectivity index (χ1v) is 8.09. The number of anilines is 1. The van der Waals surface area contributed by atoms with E-state index >= 15 is 0 Å². The number of carboxylic acid groups (broad SMARTS) is 1. The average Bonchev–Trinajstić information content (AvgIpc) is 2.85. The minimum absolute atomic E-state index is 0.0601. The normalized spacial score (nSPS) is 14.7. The number of carbonyl (C=O) groups is 2. The van der Waals surface area contributed by atoms with Crippen LogP contribution in [0, 0.1) is 0 Å². The molecule has 6 nitrogen and oxygen atoms in total. The Morgan fingerprint density at radius 3 is 2.95 bits per heavy atom. The summed E-state index contributed by atoms with van der Waals surface area (Å²) in [4.78, 5) is 22.3. The van der Waals surface area contributed by atoms with Crippen LogP contribution in [0.15, 0.2) is 16.0 Å². The lowest BCUT2D eigenvalue weighted by molar-refractivity contribution is -0.133. The number of thioether (sulfide) groups is 1. The second-order valence-electron chi connectivity index (χ2n) is 4.39. The average molecular weight is 313 g/mol. The molecule has 20 heavy (non-hydrogen) atoms. The van der Waals surface area contributed by atoms with Gasteiger partial charge in [0.1, 0.15) is 0 Å². The zero-order valence-electron chi connectivity index (χ0n) is 10.8. The second kappa shape index (κ2) is 7.39. The molecular weight excluding hydrogens is 298 g/mol. The summed E-state index contributed by atoms with van der Waals surface area (Å²) in [6, 6.07) is 0. The van der Waals surface area contributed by atoms with Crippen LogP contribution < -0.4 is 5.32 Å². The summed E-state index contributed by atoms with van der Waals surface area (Å²) >= 11 is 2.29. The Morgan fingerprint density at radius 1 is 1.40 bits per heavy atom. The van der Waals surface area contributed by atoms with Crippen LogP contribution in [0.4, 0.5) is 5.13 Å². The molecular formula is C12H15N3O3S2. The predicted octanol–water partition coefficient (Wildman–Crippen LogP) is 2.54. The van der Waals surface area contributed by atoms with E-state index in [1.54, 1.807) is 0 Å². The molecule has 0 aliphatic heterocycles. The van der Waals surface area contributed by atoms with Gasteiger partial charge in [0.2, 0.25) is 11.0 Å². The molecule has 0 bridgehead atoms. The summed E-state index contributed by atoms with van der Waals surface area (Å²) in [6.45, 7) is 0. The van der Waals surface area contributed by atoms with Crippen molar-refractivity contribution in [1.29, 1.82) is 0 Å². The van der Waals surface area contributed by atoms with Crippen molar-refractivity contribution in [2.75, 3.05) is 11.1 Å².